The molecule has 0 fully saturated rings. The molecule has 6 heteroatoms. The van der Waals surface area contributed by atoms with Crippen molar-refractivity contribution in [3.8, 4) is 0 Å². The Labute approximate surface area is 130 Å². The number of thiophene rings is 1. The van der Waals surface area contributed by atoms with Crippen LogP contribution in [0, 0.1) is 0 Å². The highest BCUT2D eigenvalue weighted by atomic mass is 32.1. The number of nitrogens with one attached hydrogen (secondary N) is 1. The molecular formula is C15H24N2O3S. The van der Waals surface area contributed by atoms with Gasteiger partial charge in [-0.05, 0) is 38.3 Å². The third-order valence-corrected chi connectivity index (χ3v) is 3.97. The second kappa shape index (κ2) is 9.52. The van der Waals surface area contributed by atoms with Gasteiger partial charge in [0.2, 0.25) is 5.91 Å². The highest BCUT2D eigenvalue weighted by molar-refractivity contribution is 7.10. The molecule has 0 bridgehead atoms. The Balaban J connectivity index is 2.46. The molecule has 1 atom stereocenters. The Bertz CT molecular complexity index is 434. The van der Waals surface area contributed by atoms with Crippen molar-refractivity contribution in [3.63, 3.8) is 0 Å². The monoisotopic (exact) mass is 312 g/mol. The Morgan fingerprint density at radius 1 is 1.38 bits per heavy atom. The van der Waals surface area contributed by atoms with Gasteiger partial charge < -0.3 is 10.1 Å². The number of carbonyl (C=O) groups excluding carboxylic acids is 2. The number of ether oxygens (including phenoxy) is 1. The van der Waals surface area contributed by atoms with Crippen molar-refractivity contribution < 1.29 is 14.3 Å². The van der Waals surface area contributed by atoms with E-state index in [1.165, 1.54) is 0 Å². The molecule has 0 aliphatic rings. The van der Waals surface area contributed by atoms with Gasteiger partial charge in [0.15, 0.2) is 0 Å². The molecule has 118 valence electrons. The first-order valence-electron chi connectivity index (χ1n) is 7.27. The van der Waals surface area contributed by atoms with Crippen molar-refractivity contribution in [2.45, 2.75) is 33.2 Å². The van der Waals surface area contributed by atoms with E-state index in [1.807, 2.05) is 36.3 Å². The summed E-state index contributed by atoms with van der Waals surface area (Å²) in [5.74, 6) is -0.362. The van der Waals surface area contributed by atoms with Crippen molar-refractivity contribution in [1.29, 1.82) is 0 Å². The minimum absolute atomic E-state index is 0.0106. The SMILES string of the molecule is CCCN(CC(=O)NC(C)c1cccs1)CC(=O)OCC. The normalized spacial score (nSPS) is 12.2. The van der Waals surface area contributed by atoms with Crippen LogP contribution >= 0.6 is 11.3 Å². The van der Waals surface area contributed by atoms with Gasteiger partial charge in [0.05, 0.1) is 25.7 Å². The van der Waals surface area contributed by atoms with Gasteiger partial charge in [-0.1, -0.05) is 13.0 Å². The van der Waals surface area contributed by atoms with E-state index in [0.717, 1.165) is 11.3 Å². The number of hydrogen-bond acceptors (Lipinski definition) is 5. The van der Waals surface area contributed by atoms with E-state index < -0.39 is 0 Å². The van der Waals surface area contributed by atoms with Gasteiger partial charge in [0.1, 0.15) is 0 Å². The predicted molar refractivity (Wildman–Crippen MR) is 84.2 cm³/mol. The molecule has 1 unspecified atom stereocenters. The molecule has 0 aromatic carbocycles. The summed E-state index contributed by atoms with van der Waals surface area (Å²) < 4.78 is 4.93. The molecule has 1 amide bonds. The fourth-order valence-electron chi connectivity index (χ4n) is 2.02. The molecule has 0 saturated heterocycles. The van der Waals surface area contributed by atoms with E-state index >= 15 is 0 Å². The summed E-state index contributed by atoms with van der Waals surface area (Å²) in [4.78, 5) is 26.5. The molecule has 1 N–H and O–H groups in total. The summed E-state index contributed by atoms with van der Waals surface area (Å²) in [6, 6.07) is 3.95. The summed E-state index contributed by atoms with van der Waals surface area (Å²) in [5.41, 5.74) is 0. The first kappa shape index (κ1) is 17.7. The van der Waals surface area contributed by atoms with E-state index in [4.69, 9.17) is 4.74 Å². The summed E-state index contributed by atoms with van der Waals surface area (Å²) >= 11 is 1.62. The van der Waals surface area contributed by atoms with Gasteiger partial charge in [-0.25, -0.2) is 0 Å². The molecule has 0 spiro atoms. The van der Waals surface area contributed by atoms with Gasteiger partial charge in [-0.2, -0.15) is 0 Å². The number of amides is 1. The predicted octanol–water partition coefficient (Wildman–Crippen LogP) is 2.20. The third-order valence-electron chi connectivity index (χ3n) is 2.91. The number of nitrogens with zero attached hydrogens (tertiary/aromatic N) is 1. The van der Waals surface area contributed by atoms with Crippen molar-refractivity contribution in [1.82, 2.24) is 10.2 Å². The van der Waals surface area contributed by atoms with Crippen LogP contribution < -0.4 is 5.32 Å². The van der Waals surface area contributed by atoms with Gasteiger partial charge in [-0.15, -0.1) is 11.3 Å². The van der Waals surface area contributed by atoms with Crippen LogP contribution in [0.2, 0.25) is 0 Å². The number of hydrogen-bond donors (Lipinski definition) is 1. The van der Waals surface area contributed by atoms with Gasteiger partial charge in [0.25, 0.3) is 0 Å². The smallest absolute Gasteiger partial charge is 0.320 e. The molecular weight excluding hydrogens is 288 g/mol. The molecule has 0 radical (unpaired) electrons. The van der Waals surface area contributed by atoms with Crippen LogP contribution in [0.25, 0.3) is 0 Å². The Morgan fingerprint density at radius 2 is 2.14 bits per heavy atom. The molecule has 1 rings (SSSR count). The minimum Gasteiger partial charge on any atom is -0.465 e. The lowest BCUT2D eigenvalue weighted by Gasteiger charge is -2.21. The Hall–Kier alpha value is -1.40. The number of rotatable bonds is 9. The van der Waals surface area contributed by atoms with Crippen LogP contribution in [0.4, 0.5) is 0 Å². The van der Waals surface area contributed by atoms with E-state index in [9.17, 15) is 9.59 Å². The van der Waals surface area contributed by atoms with Crippen LogP contribution in [-0.2, 0) is 14.3 Å². The highest BCUT2D eigenvalue weighted by Crippen LogP contribution is 2.17. The average molecular weight is 312 g/mol. The summed E-state index contributed by atoms with van der Waals surface area (Å²) in [7, 11) is 0. The summed E-state index contributed by atoms with van der Waals surface area (Å²) in [6.07, 6.45) is 0.882. The average Bonchev–Trinajstić information content (AvgIpc) is 2.92. The molecule has 21 heavy (non-hydrogen) atoms. The quantitative estimate of drug-likeness (QED) is 0.710. The maximum absolute atomic E-state index is 12.1. The molecule has 0 aliphatic carbocycles. The molecule has 0 aliphatic heterocycles. The Morgan fingerprint density at radius 3 is 2.71 bits per heavy atom. The van der Waals surface area contributed by atoms with Crippen molar-refractivity contribution in [2.75, 3.05) is 26.2 Å². The van der Waals surface area contributed by atoms with Gasteiger partial charge in [0, 0.05) is 4.88 Å². The fourth-order valence-corrected chi connectivity index (χ4v) is 2.75. The second-order valence-corrected chi connectivity index (χ2v) is 5.80. The molecule has 1 aromatic heterocycles. The first-order chi connectivity index (χ1) is 10.1. The zero-order valence-corrected chi connectivity index (χ0v) is 13.7. The zero-order valence-electron chi connectivity index (χ0n) is 12.9. The minimum atomic E-state index is -0.287. The van der Waals surface area contributed by atoms with E-state index in [1.54, 1.807) is 18.3 Å². The molecule has 0 saturated carbocycles. The zero-order chi connectivity index (χ0) is 15.7. The van der Waals surface area contributed by atoms with Crippen molar-refractivity contribution in [3.05, 3.63) is 22.4 Å². The second-order valence-electron chi connectivity index (χ2n) is 4.82. The van der Waals surface area contributed by atoms with Crippen molar-refractivity contribution in [2.24, 2.45) is 0 Å². The Kier molecular flexibility index (Phi) is 8.00. The summed E-state index contributed by atoms with van der Waals surface area (Å²) in [5, 5.41) is 4.94. The molecule has 1 heterocycles. The van der Waals surface area contributed by atoms with Crippen LogP contribution in [0.15, 0.2) is 17.5 Å². The molecule has 1 aromatic rings. The van der Waals surface area contributed by atoms with E-state index in [-0.39, 0.29) is 31.0 Å². The van der Waals surface area contributed by atoms with E-state index in [2.05, 4.69) is 5.32 Å². The lowest BCUT2D eigenvalue weighted by atomic mass is 10.2. The van der Waals surface area contributed by atoms with E-state index in [0.29, 0.717) is 13.2 Å². The molecule has 5 nitrogen and oxygen atoms in total. The number of esters is 1. The van der Waals surface area contributed by atoms with Crippen molar-refractivity contribution >= 4 is 23.2 Å². The van der Waals surface area contributed by atoms with Crippen LogP contribution in [0.3, 0.4) is 0 Å². The largest absolute Gasteiger partial charge is 0.465 e. The fraction of sp³-hybridized carbons (Fsp3) is 0.600. The topological polar surface area (TPSA) is 58.6 Å². The standard InChI is InChI=1S/C15H24N2O3S/c1-4-8-17(11-15(19)20-5-2)10-14(18)16-12(3)13-7-6-9-21-13/h6-7,9,12H,4-5,8,10-11H2,1-3H3,(H,16,18). The lowest BCUT2D eigenvalue weighted by molar-refractivity contribution is -0.144. The maximum Gasteiger partial charge on any atom is 0.320 e. The third kappa shape index (κ3) is 6.73. The number of carbonyl (C=O) groups is 2. The lowest BCUT2D eigenvalue weighted by Crippen LogP contribution is -2.41. The first-order valence-corrected chi connectivity index (χ1v) is 8.15. The van der Waals surface area contributed by atoms with Gasteiger partial charge in [-0.3, -0.25) is 14.5 Å². The van der Waals surface area contributed by atoms with Gasteiger partial charge >= 0.3 is 5.97 Å². The van der Waals surface area contributed by atoms with Crippen LogP contribution in [-0.4, -0.2) is 43.0 Å². The van der Waals surface area contributed by atoms with Crippen LogP contribution in [0.5, 0.6) is 0 Å². The highest BCUT2D eigenvalue weighted by Gasteiger charge is 2.16. The summed E-state index contributed by atoms with van der Waals surface area (Å²) in [6.45, 7) is 7.17. The van der Waals surface area contributed by atoms with Crippen LogP contribution in [0.1, 0.15) is 38.1 Å². The maximum atomic E-state index is 12.1.